The van der Waals surface area contributed by atoms with Gasteiger partial charge in [-0.3, -0.25) is 0 Å². The number of carbonyl (C=O) groups is 1. The molecule has 0 unspecified atom stereocenters. The molecule has 5 heterocycles. The van der Waals surface area contributed by atoms with Crippen molar-refractivity contribution in [2.24, 2.45) is 5.41 Å². The van der Waals surface area contributed by atoms with Gasteiger partial charge in [-0.05, 0) is 52.2 Å². The smallest absolute Gasteiger partial charge is 0.410 e. The van der Waals surface area contributed by atoms with Crippen molar-refractivity contribution in [3.63, 3.8) is 0 Å². The van der Waals surface area contributed by atoms with Crippen molar-refractivity contribution in [1.82, 2.24) is 24.7 Å². The van der Waals surface area contributed by atoms with E-state index in [2.05, 4.69) is 15.3 Å². The Balaban J connectivity index is 1.25. The molecule has 1 amide bonds. The van der Waals surface area contributed by atoms with Crippen LogP contribution in [-0.2, 0) is 10.2 Å². The molecule has 14 heteroatoms. The summed E-state index contributed by atoms with van der Waals surface area (Å²) >= 11 is 0. The van der Waals surface area contributed by atoms with Gasteiger partial charge in [-0.25, -0.2) is 13.7 Å². The van der Waals surface area contributed by atoms with Crippen molar-refractivity contribution in [3.05, 3.63) is 41.6 Å². The number of nitriles is 1. The van der Waals surface area contributed by atoms with Gasteiger partial charge in [0.2, 0.25) is 11.8 Å². The highest BCUT2D eigenvalue weighted by Gasteiger charge is 2.86. The zero-order chi connectivity index (χ0) is 28.7. The zero-order valence-corrected chi connectivity index (χ0v) is 22.1. The van der Waals surface area contributed by atoms with Crippen molar-refractivity contribution >= 4 is 17.3 Å². The summed E-state index contributed by atoms with van der Waals surface area (Å²) in [6, 6.07) is 4.76. The first-order valence-corrected chi connectivity index (χ1v) is 13.0. The number of hydrogen-bond acceptors (Lipinski definition) is 8. The van der Waals surface area contributed by atoms with Crippen LogP contribution in [0.15, 0.2) is 22.7 Å². The van der Waals surface area contributed by atoms with Crippen molar-refractivity contribution < 1.29 is 31.5 Å². The fourth-order valence-corrected chi connectivity index (χ4v) is 6.19. The summed E-state index contributed by atoms with van der Waals surface area (Å²) in [5.74, 6) is -0.778. The normalized spacial score (nSPS) is 25.2. The number of ether oxygens (including phenoxy) is 1. The number of rotatable bonds is 3. The fourth-order valence-electron chi connectivity index (χ4n) is 6.19. The van der Waals surface area contributed by atoms with E-state index in [0.717, 1.165) is 10.7 Å². The van der Waals surface area contributed by atoms with E-state index >= 15 is 0 Å². The molecule has 3 aromatic heterocycles. The standard InChI is InChI=1S/C26H27F4N7O3/c1-23(2,3)40-22(38)35-8-6-15(7-9-35)20-33-34-21(39-20)24-12-25(24,26(28,29)30)14-36(13-24)18-5-4-16(10-31)37-19(18)17(27)11-32-37/h4-5,11,15H,6-9,12-14H2,1-3H3/t24-,25-/m0/s1. The molecule has 0 radical (unpaired) electrons. The highest BCUT2D eigenvalue weighted by molar-refractivity contribution is 5.76. The molecule has 3 aliphatic rings. The number of aromatic nitrogens is 4. The molecule has 3 fully saturated rings. The summed E-state index contributed by atoms with van der Waals surface area (Å²) in [6.45, 7) is 5.62. The molecule has 212 valence electrons. The Kier molecular flexibility index (Phi) is 5.63. The number of hydrogen-bond donors (Lipinski definition) is 0. The van der Waals surface area contributed by atoms with Gasteiger partial charge in [-0.1, -0.05) is 0 Å². The summed E-state index contributed by atoms with van der Waals surface area (Å²) in [5, 5.41) is 21.4. The second-order valence-electron chi connectivity index (χ2n) is 11.9. The third-order valence-corrected chi connectivity index (χ3v) is 8.25. The maximum atomic E-state index is 14.7. The number of piperidine rings is 2. The lowest BCUT2D eigenvalue weighted by molar-refractivity contribution is -0.187. The topological polar surface area (TPSA) is 113 Å². The highest BCUT2D eigenvalue weighted by atomic mass is 19.4. The number of amides is 1. The van der Waals surface area contributed by atoms with E-state index in [0.29, 0.717) is 25.9 Å². The molecule has 40 heavy (non-hydrogen) atoms. The predicted molar refractivity (Wildman–Crippen MR) is 131 cm³/mol. The first-order valence-electron chi connectivity index (χ1n) is 13.0. The van der Waals surface area contributed by atoms with E-state index < -0.39 is 41.1 Å². The van der Waals surface area contributed by atoms with E-state index in [1.807, 2.05) is 6.07 Å². The lowest BCUT2D eigenvalue weighted by Gasteiger charge is -2.32. The van der Waals surface area contributed by atoms with Crippen molar-refractivity contribution in [2.75, 3.05) is 31.1 Å². The summed E-state index contributed by atoms with van der Waals surface area (Å²) in [7, 11) is 0. The number of fused-ring (bicyclic) bond motifs is 2. The van der Waals surface area contributed by atoms with E-state index in [-0.39, 0.29) is 47.6 Å². The summed E-state index contributed by atoms with van der Waals surface area (Å²) in [5.41, 5.74) is -4.02. The first-order chi connectivity index (χ1) is 18.8. The van der Waals surface area contributed by atoms with Crippen LogP contribution in [0.3, 0.4) is 0 Å². The average molecular weight is 562 g/mol. The number of likely N-dealkylation sites (tertiary alicyclic amines) is 1. The maximum Gasteiger partial charge on any atom is 0.410 e. The Morgan fingerprint density at radius 1 is 1.18 bits per heavy atom. The van der Waals surface area contributed by atoms with E-state index in [1.54, 1.807) is 25.7 Å². The third kappa shape index (κ3) is 3.88. The molecule has 1 saturated carbocycles. The van der Waals surface area contributed by atoms with Crippen LogP contribution in [0.25, 0.3) is 5.52 Å². The van der Waals surface area contributed by atoms with Crippen LogP contribution >= 0.6 is 0 Å². The molecular formula is C26H27F4N7O3. The maximum absolute atomic E-state index is 14.7. The Hall–Kier alpha value is -3.89. The first kappa shape index (κ1) is 26.3. The van der Waals surface area contributed by atoms with Crippen molar-refractivity contribution in [1.29, 1.82) is 5.26 Å². The summed E-state index contributed by atoms with van der Waals surface area (Å²) in [6.07, 6.45) is -3.25. The van der Waals surface area contributed by atoms with E-state index in [4.69, 9.17) is 9.15 Å². The van der Waals surface area contributed by atoms with Crippen LogP contribution in [0.5, 0.6) is 0 Å². The van der Waals surface area contributed by atoms with Gasteiger partial charge in [0.25, 0.3) is 0 Å². The highest BCUT2D eigenvalue weighted by Crippen LogP contribution is 2.75. The molecule has 3 aromatic rings. The number of nitrogens with zero attached hydrogens (tertiary/aromatic N) is 7. The monoisotopic (exact) mass is 561 g/mol. The van der Waals surface area contributed by atoms with Gasteiger partial charge in [0.05, 0.1) is 17.3 Å². The third-order valence-electron chi connectivity index (χ3n) is 8.25. The van der Waals surface area contributed by atoms with Gasteiger partial charge < -0.3 is 19.0 Å². The molecule has 10 nitrogen and oxygen atoms in total. The molecular weight excluding hydrogens is 534 g/mol. The SMILES string of the molecule is CC(C)(C)OC(=O)N1CCC(c2nnc([C@]34CN(c5ccc(C#N)n6ncc(F)c56)C[C@@]3(C(F)(F)F)C4)o2)CC1. The Morgan fingerprint density at radius 2 is 1.90 bits per heavy atom. The minimum atomic E-state index is -4.57. The second-order valence-corrected chi connectivity index (χ2v) is 11.9. The van der Waals surface area contributed by atoms with Gasteiger partial charge in [-0.15, -0.1) is 10.2 Å². The number of anilines is 1. The predicted octanol–water partition coefficient (Wildman–Crippen LogP) is 4.55. The minimum Gasteiger partial charge on any atom is -0.444 e. The lowest BCUT2D eigenvalue weighted by atomic mass is 9.95. The van der Waals surface area contributed by atoms with Crippen LogP contribution in [0.1, 0.15) is 63.4 Å². The van der Waals surface area contributed by atoms with E-state index in [1.165, 1.54) is 17.0 Å². The van der Waals surface area contributed by atoms with Gasteiger partial charge in [0.1, 0.15) is 28.3 Å². The molecule has 2 saturated heterocycles. The van der Waals surface area contributed by atoms with Crippen LogP contribution in [0.2, 0.25) is 0 Å². The Morgan fingerprint density at radius 3 is 2.55 bits per heavy atom. The van der Waals surface area contributed by atoms with Crippen LogP contribution in [-0.4, -0.2) is 68.8 Å². The average Bonchev–Trinajstić information content (AvgIpc) is 3.27. The second kappa shape index (κ2) is 8.55. The molecule has 6 rings (SSSR count). The molecule has 0 aromatic carbocycles. The van der Waals surface area contributed by atoms with E-state index in [9.17, 15) is 27.6 Å². The Labute approximate surface area is 226 Å². The number of carbonyl (C=O) groups excluding carboxylic acids is 1. The number of alkyl halides is 3. The zero-order valence-electron chi connectivity index (χ0n) is 22.1. The van der Waals surface area contributed by atoms with Gasteiger partial charge >= 0.3 is 12.3 Å². The molecule has 2 atom stereocenters. The molecule has 2 aliphatic heterocycles. The quantitative estimate of drug-likeness (QED) is 0.428. The summed E-state index contributed by atoms with van der Waals surface area (Å²) in [4.78, 5) is 15.4. The van der Waals surface area contributed by atoms with Crippen molar-refractivity contribution in [2.45, 2.75) is 63.1 Å². The largest absolute Gasteiger partial charge is 0.444 e. The minimum absolute atomic E-state index is 0.0595. The van der Waals surface area contributed by atoms with Gasteiger partial charge in [-0.2, -0.15) is 23.5 Å². The molecule has 1 aliphatic carbocycles. The number of pyridine rings is 1. The fraction of sp³-hybridized carbons (Fsp3) is 0.577. The molecule has 0 N–H and O–H groups in total. The summed E-state index contributed by atoms with van der Waals surface area (Å²) < 4.78 is 70.8. The van der Waals surface area contributed by atoms with Crippen LogP contribution in [0, 0.1) is 22.6 Å². The van der Waals surface area contributed by atoms with Gasteiger partial charge in [0, 0.05) is 32.1 Å². The number of halogens is 4. The van der Waals surface area contributed by atoms with Crippen LogP contribution < -0.4 is 4.90 Å². The Bertz CT molecular complexity index is 1530. The van der Waals surface area contributed by atoms with Gasteiger partial charge in [0.15, 0.2) is 5.82 Å². The van der Waals surface area contributed by atoms with Crippen LogP contribution in [0.4, 0.5) is 28.0 Å². The lowest BCUT2D eigenvalue weighted by Crippen LogP contribution is -2.41. The molecule has 0 bridgehead atoms. The molecule has 0 spiro atoms. The van der Waals surface area contributed by atoms with Crippen molar-refractivity contribution in [3.8, 4) is 6.07 Å².